The zero-order chi connectivity index (χ0) is 12.4. The molecule has 2 aromatic carbocycles. The fourth-order valence-electron chi connectivity index (χ4n) is 1.57. The molecule has 0 saturated heterocycles. The Morgan fingerprint density at radius 1 is 1.06 bits per heavy atom. The molecule has 0 amide bonds. The van der Waals surface area contributed by atoms with E-state index < -0.39 is 0 Å². The molecule has 0 unspecified atom stereocenters. The maximum absolute atomic E-state index is 13.1. The topological polar surface area (TPSA) is 35.2 Å². The van der Waals surface area contributed by atoms with E-state index in [2.05, 4.69) is 0 Å². The van der Waals surface area contributed by atoms with E-state index in [1.807, 2.05) is 25.1 Å². The van der Waals surface area contributed by atoms with Crippen molar-refractivity contribution >= 4 is 5.69 Å². The van der Waals surface area contributed by atoms with Gasteiger partial charge in [-0.3, -0.25) is 0 Å². The summed E-state index contributed by atoms with van der Waals surface area (Å²) in [6.07, 6.45) is 0. The average molecular weight is 231 g/mol. The molecule has 0 bridgehead atoms. The van der Waals surface area contributed by atoms with Crippen molar-refractivity contribution in [3.8, 4) is 11.5 Å². The molecular weight excluding hydrogens is 217 g/mol. The summed E-state index contributed by atoms with van der Waals surface area (Å²) >= 11 is 0. The van der Waals surface area contributed by atoms with Crippen LogP contribution in [0.15, 0.2) is 36.4 Å². The molecule has 0 aliphatic rings. The van der Waals surface area contributed by atoms with Gasteiger partial charge in [-0.2, -0.15) is 0 Å². The van der Waals surface area contributed by atoms with Crippen LogP contribution < -0.4 is 10.5 Å². The Morgan fingerprint density at radius 3 is 2.47 bits per heavy atom. The molecule has 0 aromatic heterocycles. The zero-order valence-electron chi connectivity index (χ0n) is 9.83. The van der Waals surface area contributed by atoms with Crippen molar-refractivity contribution in [3.63, 3.8) is 0 Å². The van der Waals surface area contributed by atoms with Gasteiger partial charge in [-0.05, 0) is 55.3 Å². The minimum atomic E-state index is -0.241. The molecule has 0 aliphatic heterocycles. The van der Waals surface area contributed by atoms with Crippen LogP contribution in [0.2, 0.25) is 0 Å². The van der Waals surface area contributed by atoms with E-state index in [0.717, 1.165) is 5.56 Å². The number of anilines is 1. The number of ether oxygens (including phenoxy) is 1. The Bertz CT molecular complexity index is 552. The second kappa shape index (κ2) is 4.45. The Hall–Kier alpha value is -2.03. The normalized spacial score (nSPS) is 10.3. The van der Waals surface area contributed by atoms with Crippen LogP contribution in [-0.4, -0.2) is 0 Å². The molecule has 17 heavy (non-hydrogen) atoms. The highest BCUT2D eigenvalue weighted by molar-refractivity contribution is 5.55. The molecule has 3 heteroatoms. The molecule has 0 heterocycles. The fourth-order valence-corrected chi connectivity index (χ4v) is 1.57. The summed E-state index contributed by atoms with van der Waals surface area (Å²) in [5.74, 6) is 0.926. The molecule has 0 aliphatic carbocycles. The first kappa shape index (κ1) is 11.5. The molecule has 88 valence electrons. The largest absolute Gasteiger partial charge is 0.455 e. The van der Waals surface area contributed by atoms with Crippen molar-refractivity contribution in [1.29, 1.82) is 0 Å². The number of nitrogen functional groups attached to an aromatic ring is 1. The summed E-state index contributed by atoms with van der Waals surface area (Å²) in [6, 6.07) is 10.2. The third-order valence-corrected chi connectivity index (χ3v) is 2.52. The molecule has 0 atom stereocenters. The van der Waals surface area contributed by atoms with Gasteiger partial charge in [0.25, 0.3) is 0 Å². The van der Waals surface area contributed by atoms with Gasteiger partial charge in [-0.25, -0.2) is 4.39 Å². The van der Waals surface area contributed by atoms with Gasteiger partial charge < -0.3 is 10.5 Å². The first-order valence-electron chi connectivity index (χ1n) is 5.36. The average Bonchev–Trinajstić information content (AvgIpc) is 2.27. The summed E-state index contributed by atoms with van der Waals surface area (Å²) in [6.45, 7) is 3.66. The summed E-state index contributed by atoms with van der Waals surface area (Å²) < 4.78 is 18.7. The highest BCUT2D eigenvalue weighted by Crippen LogP contribution is 2.28. The Kier molecular flexibility index (Phi) is 3.00. The quantitative estimate of drug-likeness (QED) is 0.797. The van der Waals surface area contributed by atoms with E-state index >= 15 is 0 Å². The van der Waals surface area contributed by atoms with Crippen molar-refractivity contribution < 1.29 is 9.13 Å². The lowest BCUT2D eigenvalue weighted by Gasteiger charge is -2.09. The van der Waals surface area contributed by atoms with Gasteiger partial charge in [-0.1, -0.05) is 6.07 Å². The minimum Gasteiger partial charge on any atom is -0.455 e. The van der Waals surface area contributed by atoms with Crippen molar-refractivity contribution in [2.24, 2.45) is 0 Å². The van der Waals surface area contributed by atoms with Gasteiger partial charge in [0.15, 0.2) is 0 Å². The number of hydrogen-bond donors (Lipinski definition) is 1. The highest BCUT2D eigenvalue weighted by Gasteiger charge is 2.04. The monoisotopic (exact) mass is 231 g/mol. The van der Waals surface area contributed by atoms with Gasteiger partial charge in [0.2, 0.25) is 0 Å². The number of hydrogen-bond acceptors (Lipinski definition) is 2. The Labute approximate surface area is 99.8 Å². The molecule has 2 aromatic rings. The number of halogens is 1. The lowest BCUT2D eigenvalue weighted by molar-refractivity contribution is 0.482. The van der Waals surface area contributed by atoms with E-state index in [1.54, 1.807) is 19.1 Å². The van der Waals surface area contributed by atoms with Crippen LogP contribution in [0.3, 0.4) is 0 Å². The van der Waals surface area contributed by atoms with Gasteiger partial charge in [0.1, 0.15) is 17.3 Å². The molecule has 0 spiro atoms. The zero-order valence-corrected chi connectivity index (χ0v) is 9.83. The smallest absolute Gasteiger partial charge is 0.150 e. The van der Waals surface area contributed by atoms with Crippen LogP contribution >= 0.6 is 0 Å². The van der Waals surface area contributed by atoms with Gasteiger partial charge in [0.05, 0.1) is 5.69 Å². The van der Waals surface area contributed by atoms with Crippen molar-refractivity contribution in [2.75, 3.05) is 5.73 Å². The maximum atomic E-state index is 13.1. The maximum Gasteiger partial charge on any atom is 0.150 e. The van der Waals surface area contributed by atoms with Gasteiger partial charge in [-0.15, -0.1) is 0 Å². The SMILES string of the molecule is Cc1ccc(Oc2ccc(F)c(C)c2)c(N)c1. The molecule has 0 fully saturated rings. The van der Waals surface area contributed by atoms with Crippen molar-refractivity contribution in [1.82, 2.24) is 0 Å². The molecular formula is C14H14FNO. The van der Waals surface area contributed by atoms with E-state index in [-0.39, 0.29) is 5.82 Å². The minimum absolute atomic E-state index is 0.241. The Morgan fingerprint density at radius 2 is 1.82 bits per heavy atom. The van der Waals surface area contributed by atoms with Crippen LogP contribution in [-0.2, 0) is 0 Å². The van der Waals surface area contributed by atoms with E-state index in [9.17, 15) is 4.39 Å². The van der Waals surface area contributed by atoms with Crippen LogP contribution in [0, 0.1) is 19.7 Å². The summed E-state index contributed by atoms with van der Waals surface area (Å²) in [5.41, 5.74) is 8.04. The molecule has 2 rings (SSSR count). The third kappa shape index (κ3) is 2.56. The lowest BCUT2D eigenvalue weighted by atomic mass is 10.2. The van der Waals surface area contributed by atoms with Crippen molar-refractivity contribution in [3.05, 3.63) is 53.3 Å². The number of nitrogens with two attached hydrogens (primary N) is 1. The summed E-state index contributed by atoms with van der Waals surface area (Å²) in [4.78, 5) is 0. The first-order chi connectivity index (χ1) is 8.06. The van der Waals surface area contributed by atoms with E-state index in [4.69, 9.17) is 10.5 Å². The third-order valence-electron chi connectivity index (χ3n) is 2.52. The molecule has 0 radical (unpaired) electrons. The Balaban J connectivity index is 2.28. The summed E-state index contributed by atoms with van der Waals surface area (Å²) in [7, 11) is 0. The predicted molar refractivity (Wildman–Crippen MR) is 66.8 cm³/mol. The van der Waals surface area contributed by atoms with Crippen molar-refractivity contribution in [2.45, 2.75) is 13.8 Å². The second-order valence-electron chi connectivity index (χ2n) is 4.05. The van der Waals surface area contributed by atoms with Gasteiger partial charge in [0, 0.05) is 0 Å². The number of aryl methyl sites for hydroxylation is 2. The molecule has 2 nitrogen and oxygen atoms in total. The van der Waals surface area contributed by atoms with E-state index in [0.29, 0.717) is 22.7 Å². The highest BCUT2D eigenvalue weighted by atomic mass is 19.1. The summed E-state index contributed by atoms with van der Waals surface area (Å²) in [5, 5.41) is 0. The van der Waals surface area contributed by atoms with Crippen LogP contribution in [0.25, 0.3) is 0 Å². The van der Waals surface area contributed by atoms with Crippen LogP contribution in [0.4, 0.5) is 10.1 Å². The molecule has 2 N–H and O–H groups in total. The van der Waals surface area contributed by atoms with E-state index in [1.165, 1.54) is 6.07 Å². The van der Waals surface area contributed by atoms with Crippen LogP contribution in [0.1, 0.15) is 11.1 Å². The first-order valence-corrected chi connectivity index (χ1v) is 5.36. The lowest BCUT2D eigenvalue weighted by Crippen LogP contribution is -1.93. The fraction of sp³-hybridized carbons (Fsp3) is 0.143. The second-order valence-corrected chi connectivity index (χ2v) is 4.05. The number of benzene rings is 2. The number of rotatable bonds is 2. The predicted octanol–water partition coefficient (Wildman–Crippen LogP) is 3.82. The standard InChI is InChI=1S/C14H14FNO/c1-9-3-6-14(13(16)7-9)17-11-4-5-12(15)10(2)8-11/h3-8H,16H2,1-2H3. The van der Waals surface area contributed by atoms with Crippen LogP contribution in [0.5, 0.6) is 11.5 Å². The van der Waals surface area contributed by atoms with Gasteiger partial charge >= 0.3 is 0 Å². The molecule has 0 saturated carbocycles.